The Kier molecular flexibility index (Phi) is 5.08. The fourth-order valence-corrected chi connectivity index (χ4v) is 2.33. The molecule has 0 unspecified atom stereocenters. The third-order valence-electron chi connectivity index (χ3n) is 2.08. The molecule has 0 radical (unpaired) electrons. The molecule has 1 rings (SSSR count). The van der Waals surface area contributed by atoms with Gasteiger partial charge in [0.15, 0.2) is 0 Å². The van der Waals surface area contributed by atoms with Crippen LogP contribution in [0, 0.1) is 0 Å². The molecule has 5 N–H and O–H groups in total. The topological polar surface area (TPSA) is 125 Å². The zero-order chi connectivity index (χ0) is 13.6. The number of primary amides is 1. The zero-order valence-corrected chi connectivity index (χ0v) is 10.4. The van der Waals surface area contributed by atoms with Crippen molar-refractivity contribution in [2.24, 2.45) is 11.5 Å². The Hall–Kier alpha value is -1.64. The molecule has 0 saturated heterocycles. The van der Waals surface area contributed by atoms with Crippen molar-refractivity contribution in [2.45, 2.75) is 11.4 Å². The molecular weight excluding hydrogens is 258 g/mol. The Morgan fingerprint density at radius 3 is 2.72 bits per heavy atom. The van der Waals surface area contributed by atoms with E-state index in [0.717, 1.165) is 0 Å². The Labute approximate surface area is 105 Å². The molecule has 0 fully saturated rings. The summed E-state index contributed by atoms with van der Waals surface area (Å²) in [5.41, 5.74) is 10.9. The first-order valence-electron chi connectivity index (χ1n) is 5.16. The second-order valence-corrected chi connectivity index (χ2v) is 5.18. The van der Waals surface area contributed by atoms with E-state index in [2.05, 4.69) is 9.46 Å². The average molecular weight is 273 g/mol. The minimum absolute atomic E-state index is 0.0435. The van der Waals surface area contributed by atoms with Crippen molar-refractivity contribution in [2.75, 3.05) is 13.2 Å². The maximum Gasteiger partial charge on any atom is 0.404 e. The third kappa shape index (κ3) is 4.32. The van der Waals surface area contributed by atoms with Gasteiger partial charge in [-0.05, 0) is 17.7 Å². The number of ether oxygens (including phenoxy) is 1. The molecular formula is C10H15N3O4S. The van der Waals surface area contributed by atoms with Crippen LogP contribution in [0.15, 0.2) is 29.2 Å². The molecule has 0 spiro atoms. The maximum atomic E-state index is 11.8. The summed E-state index contributed by atoms with van der Waals surface area (Å²) in [5.74, 6) is 0. The van der Waals surface area contributed by atoms with Crippen molar-refractivity contribution in [3.8, 4) is 0 Å². The summed E-state index contributed by atoms with van der Waals surface area (Å²) >= 11 is 0. The summed E-state index contributed by atoms with van der Waals surface area (Å²) in [4.78, 5) is 10.4. The van der Waals surface area contributed by atoms with Gasteiger partial charge in [0.1, 0.15) is 6.61 Å². The Bertz CT molecular complexity index is 516. The lowest BCUT2D eigenvalue weighted by molar-refractivity contribution is 0.159. The maximum absolute atomic E-state index is 11.8. The van der Waals surface area contributed by atoms with Gasteiger partial charge in [0.2, 0.25) is 10.0 Å². The van der Waals surface area contributed by atoms with Gasteiger partial charge in [0.05, 0.1) is 4.90 Å². The van der Waals surface area contributed by atoms with E-state index >= 15 is 0 Å². The molecule has 100 valence electrons. The molecule has 1 aromatic rings. The van der Waals surface area contributed by atoms with E-state index in [1.54, 1.807) is 12.1 Å². The molecule has 0 atom stereocenters. The number of hydrogen-bond acceptors (Lipinski definition) is 5. The van der Waals surface area contributed by atoms with Gasteiger partial charge in [0, 0.05) is 13.1 Å². The van der Waals surface area contributed by atoms with Crippen LogP contribution < -0.4 is 16.2 Å². The highest BCUT2D eigenvalue weighted by atomic mass is 32.2. The van der Waals surface area contributed by atoms with Gasteiger partial charge < -0.3 is 16.2 Å². The molecule has 0 aromatic heterocycles. The predicted octanol–water partition coefficient (Wildman–Crippen LogP) is -0.481. The standard InChI is InChI=1S/C10H15N3O4S/c11-7-8-2-1-3-9(6-8)18(15,16)13-4-5-17-10(12)14/h1-3,6,13H,4-5,7,11H2,(H2,12,14). The quantitative estimate of drug-likeness (QED) is 0.604. The molecule has 7 nitrogen and oxygen atoms in total. The average Bonchev–Trinajstić information content (AvgIpc) is 2.34. The number of carbonyl (C=O) groups is 1. The number of nitrogens with one attached hydrogen (secondary N) is 1. The van der Waals surface area contributed by atoms with Crippen LogP contribution in [0.5, 0.6) is 0 Å². The number of nitrogens with two attached hydrogens (primary N) is 2. The number of amides is 1. The van der Waals surface area contributed by atoms with Crippen molar-refractivity contribution in [3.63, 3.8) is 0 Å². The summed E-state index contributed by atoms with van der Waals surface area (Å²) in [6.45, 7) is 0.0947. The molecule has 0 bridgehead atoms. The lowest BCUT2D eigenvalue weighted by Gasteiger charge is -2.07. The number of hydrogen-bond donors (Lipinski definition) is 3. The number of sulfonamides is 1. The van der Waals surface area contributed by atoms with Crippen molar-refractivity contribution in [3.05, 3.63) is 29.8 Å². The molecule has 0 heterocycles. The van der Waals surface area contributed by atoms with E-state index in [-0.39, 0.29) is 24.6 Å². The normalized spacial score (nSPS) is 11.2. The highest BCUT2D eigenvalue weighted by Crippen LogP contribution is 2.10. The molecule has 0 aliphatic rings. The van der Waals surface area contributed by atoms with Gasteiger partial charge >= 0.3 is 6.09 Å². The Morgan fingerprint density at radius 2 is 2.11 bits per heavy atom. The molecule has 1 amide bonds. The number of carbonyl (C=O) groups excluding carboxylic acids is 1. The largest absolute Gasteiger partial charge is 0.448 e. The van der Waals surface area contributed by atoms with E-state index in [9.17, 15) is 13.2 Å². The van der Waals surface area contributed by atoms with Gasteiger partial charge in [-0.1, -0.05) is 12.1 Å². The van der Waals surface area contributed by atoms with Crippen LogP contribution in [-0.2, 0) is 21.3 Å². The van der Waals surface area contributed by atoms with Crippen LogP contribution in [0.3, 0.4) is 0 Å². The number of benzene rings is 1. The Morgan fingerprint density at radius 1 is 1.39 bits per heavy atom. The summed E-state index contributed by atoms with van der Waals surface area (Å²) in [5, 5.41) is 0. The van der Waals surface area contributed by atoms with Crippen molar-refractivity contribution >= 4 is 16.1 Å². The van der Waals surface area contributed by atoms with Gasteiger partial charge in [-0.15, -0.1) is 0 Å². The highest BCUT2D eigenvalue weighted by molar-refractivity contribution is 7.89. The van der Waals surface area contributed by atoms with E-state index in [4.69, 9.17) is 11.5 Å². The predicted molar refractivity (Wildman–Crippen MR) is 65.1 cm³/mol. The smallest absolute Gasteiger partial charge is 0.404 e. The minimum Gasteiger partial charge on any atom is -0.448 e. The van der Waals surface area contributed by atoms with Crippen LogP contribution in [0.4, 0.5) is 4.79 Å². The minimum atomic E-state index is -3.63. The third-order valence-corrected chi connectivity index (χ3v) is 3.54. The summed E-state index contributed by atoms with van der Waals surface area (Å²) < 4.78 is 30.3. The lowest BCUT2D eigenvalue weighted by atomic mass is 10.2. The fourth-order valence-electron chi connectivity index (χ4n) is 1.25. The Balaban J connectivity index is 2.65. The second kappa shape index (κ2) is 6.34. The van der Waals surface area contributed by atoms with Crippen LogP contribution in [0.1, 0.15) is 5.56 Å². The molecule has 18 heavy (non-hydrogen) atoms. The summed E-state index contributed by atoms with van der Waals surface area (Å²) in [6, 6.07) is 6.28. The molecule has 8 heteroatoms. The fraction of sp³-hybridized carbons (Fsp3) is 0.300. The van der Waals surface area contributed by atoms with E-state index < -0.39 is 16.1 Å². The first-order valence-corrected chi connectivity index (χ1v) is 6.65. The first-order chi connectivity index (χ1) is 8.45. The monoisotopic (exact) mass is 273 g/mol. The first kappa shape index (κ1) is 14.4. The number of rotatable bonds is 6. The van der Waals surface area contributed by atoms with Gasteiger partial charge in [-0.3, -0.25) is 0 Å². The van der Waals surface area contributed by atoms with E-state index in [0.29, 0.717) is 5.56 Å². The van der Waals surface area contributed by atoms with Gasteiger partial charge in [-0.2, -0.15) is 0 Å². The van der Waals surface area contributed by atoms with Crippen LogP contribution in [0.25, 0.3) is 0 Å². The zero-order valence-electron chi connectivity index (χ0n) is 9.63. The molecule has 1 aromatic carbocycles. The van der Waals surface area contributed by atoms with Crippen LogP contribution in [0.2, 0.25) is 0 Å². The SMILES string of the molecule is NCc1cccc(S(=O)(=O)NCCOC(N)=O)c1. The summed E-state index contributed by atoms with van der Waals surface area (Å²) in [6.07, 6.45) is -0.945. The van der Waals surface area contributed by atoms with Gasteiger partial charge in [0.25, 0.3) is 0 Å². The van der Waals surface area contributed by atoms with Crippen molar-refractivity contribution in [1.29, 1.82) is 0 Å². The van der Waals surface area contributed by atoms with Crippen LogP contribution in [-0.4, -0.2) is 27.7 Å². The van der Waals surface area contributed by atoms with Gasteiger partial charge in [-0.25, -0.2) is 17.9 Å². The molecule has 0 aliphatic carbocycles. The van der Waals surface area contributed by atoms with Crippen LogP contribution >= 0.6 is 0 Å². The summed E-state index contributed by atoms with van der Waals surface area (Å²) in [7, 11) is -3.63. The van der Waals surface area contributed by atoms with Crippen molar-refractivity contribution in [1.82, 2.24) is 4.72 Å². The van der Waals surface area contributed by atoms with E-state index in [1.807, 2.05) is 0 Å². The highest BCUT2D eigenvalue weighted by Gasteiger charge is 2.13. The second-order valence-electron chi connectivity index (χ2n) is 3.42. The lowest BCUT2D eigenvalue weighted by Crippen LogP contribution is -2.29. The molecule has 0 aliphatic heterocycles. The van der Waals surface area contributed by atoms with E-state index in [1.165, 1.54) is 12.1 Å². The van der Waals surface area contributed by atoms with Crippen molar-refractivity contribution < 1.29 is 17.9 Å². The molecule has 0 saturated carbocycles.